The number of benzene rings is 1. The minimum atomic E-state index is -0.0568. The Morgan fingerprint density at radius 1 is 1.25 bits per heavy atom. The summed E-state index contributed by atoms with van der Waals surface area (Å²) in [5.74, 6) is 0. The summed E-state index contributed by atoms with van der Waals surface area (Å²) in [5.41, 5.74) is 3.83. The Bertz CT molecular complexity index is 568. The Hall–Kier alpha value is -1.81. The number of nitrogens with zero attached hydrogens (tertiary/aromatic N) is 1. The molecule has 0 radical (unpaired) electrons. The number of nitrogens with one attached hydrogen (secondary N) is 2. The smallest absolute Gasteiger partial charge is 0.313 e. The Morgan fingerprint density at radius 3 is 2.94 bits per heavy atom. The summed E-state index contributed by atoms with van der Waals surface area (Å²) in [6.07, 6.45) is 3.44. The van der Waals surface area contributed by atoms with Crippen molar-refractivity contribution < 1.29 is 0 Å². The zero-order valence-corrected chi connectivity index (χ0v) is 8.86. The van der Waals surface area contributed by atoms with E-state index in [1.54, 1.807) is 17.0 Å². The van der Waals surface area contributed by atoms with Crippen LogP contribution < -0.4 is 11.0 Å². The van der Waals surface area contributed by atoms with Crippen LogP contribution in [0.3, 0.4) is 0 Å². The molecular weight excluding hydrogens is 202 g/mol. The van der Waals surface area contributed by atoms with Crippen LogP contribution in [0, 0.1) is 0 Å². The molecule has 3 rings (SSSR count). The van der Waals surface area contributed by atoms with E-state index in [4.69, 9.17) is 0 Å². The number of fused-ring (bicyclic) bond motifs is 1. The van der Waals surface area contributed by atoms with Crippen molar-refractivity contribution in [1.82, 2.24) is 14.9 Å². The van der Waals surface area contributed by atoms with Gasteiger partial charge in [0.25, 0.3) is 0 Å². The van der Waals surface area contributed by atoms with Crippen LogP contribution in [0.5, 0.6) is 0 Å². The Balaban J connectivity index is 1.91. The van der Waals surface area contributed by atoms with Crippen LogP contribution in [-0.2, 0) is 19.6 Å². The molecule has 0 unspecified atom stereocenters. The van der Waals surface area contributed by atoms with Crippen molar-refractivity contribution in [2.45, 2.75) is 19.6 Å². The number of imidazole rings is 1. The van der Waals surface area contributed by atoms with Crippen LogP contribution in [0.1, 0.15) is 16.7 Å². The molecule has 0 fully saturated rings. The quantitative estimate of drug-likeness (QED) is 0.779. The minimum Gasteiger partial charge on any atom is -0.313 e. The van der Waals surface area contributed by atoms with E-state index in [1.165, 1.54) is 16.7 Å². The lowest BCUT2D eigenvalue weighted by molar-refractivity contribution is 0.757. The zero-order valence-electron chi connectivity index (χ0n) is 8.86. The first-order valence-electron chi connectivity index (χ1n) is 5.38. The summed E-state index contributed by atoms with van der Waals surface area (Å²) < 4.78 is 1.67. The SMILES string of the molecule is O=c1[nH]ccn1Cc1ccc2c(c1)CNC2. The molecule has 0 saturated heterocycles. The number of H-pyrrole nitrogens is 1. The summed E-state index contributed by atoms with van der Waals surface area (Å²) >= 11 is 0. The Labute approximate surface area is 92.9 Å². The molecule has 16 heavy (non-hydrogen) atoms. The summed E-state index contributed by atoms with van der Waals surface area (Å²) in [7, 11) is 0. The normalized spacial score (nSPS) is 14.0. The highest BCUT2D eigenvalue weighted by atomic mass is 16.1. The molecule has 0 amide bonds. The first-order valence-corrected chi connectivity index (χ1v) is 5.38. The molecule has 0 saturated carbocycles. The van der Waals surface area contributed by atoms with Crippen LogP contribution in [0.2, 0.25) is 0 Å². The van der Waals surface area contributed by atoms with E-state index >= 15 is 0 Å². The first-order chi connectivity index (χ1) is 7.83. The van der Waals surface area contributed by atoms with Gasteiger partial charge in [0.1, 0.15) is 0 Å². The van der Waals surface area contributed by atoms with E-state index in [2.05, 4.69) is 28.5 Å². The summed E-state index contributed by atoms with van der Waals surface area (Å²) in [6.45, 7) is 2.53. The molecule has 4 nitrogen and oxygen atoms in total. The van der Waals surface area contributed by atoms with E-state index in [9.17, 15) is 4.79 Å². The minimum absolute atomic E-state index is 0.0568. The monoisotopic (exact) mass is 215 g/mol. The van der Waals surface area contributed by atoms with Crippen molar-refractivity contribution in [3.8, 4) is 0 Å². The molecule has 1 aliphatic rings. The predicted octanol–water partition coefficient (Wildman–Crippen LogP) is 0.828. The van der Waals surface area contributed by atoms with Crippen molar-refractivity contribution in [3.63, 3.8) is 0 Å². The van der Waals surface area contributed by atoms with E-state index < -0.39 is 0 Å². The number of aromatic amines is 1. The van der Waals surface area contributed by atoms with E-state index in [1.807, 2.05) is 0 Å². The van der Waals surface area contributed by atoms with Crippen molar-refractivity contribution in [1.29, 1.82) is 0 Å². The third-order valence-corrected chi connectivity index (χ3v) is 2.98. The number of hydrogen-bond donors (Lipinski definition) is 2. The summed E-state index contributed by atoms with van der Waals surface area (Å²) in [6, 6.07) is 6.41. The predicted molar refractivity (Wildman–Crippen MR) is 61.1 cm³/mol. The van der Waals surface area contributed by atoms with E-state index in [0.29, 0.717) is 6.54 Å². The van der Waals surface area contributed by atoms with Crippen LogP contribution in [0.15, 0.2) is 35.4 Å². The lowest BCUT2D eigenvalue weighted by Crippen LogP contribution is -2.16. The van der Waals surface area contributed by atoms with Gasteiger partial charge in [-0.1, -0.05) is 18.2 Å². The topological polar surface area (TPSA) is 49.8 Å². The Kier molecular flexibility index (Phi) is 2.15. The maximum Gasteiger partial charge on any atom is 0.325 e. The van der Waals surface area contributed by atoms with Crippen molar-refractivity contribution >= 4 is 0 Å². The van der Waals surface area contributed by atoms with Crippen LogP contribution in [-0.4, -0.2) is 9.55 Å². The number of rotatable bonds is 2. The van der Waals surface area contributed by atoms with Gasteiger partial charge < -0.3 is 10.3 Å². The molecule has 4 heteroatoms. The second-order valence-electron chi connectivity index (χ2n) is 4.10. The molecule has 1 aliphatic heterocycles. The zero-order chi connectivity index (χ0) is 11.0. The molecule has 0 atom stereocenters. The van der Waals surface area contributed by atoms with Gasteiger partial charge in [-0.25, -0.2) is 4.79 Å². The largest absolute Gasteiger partial charge is 0.325 e. The van der Waals surface area contributed by atoms with Crippen molar-refractivity contribution in [2.75, 3.05) is 0 Å². The molecular formula is C12H13N3O. The van der Waals surface area contributed by atoms with Crippen LogP contribution in [0.25, 0.3) is 0 Å². The first kappa shape index (κ1) is 9.42. The molecule has 2 heterocycles. The van der Waals surface area contributed by atoms with E-state index in [0.717, 1.165) is 13.1 Å². The average molecular weight is 215 g/mol. The van der Waals surface area contributed by atoms with Gasteiger partial charge in [-0.15, -0.1) is 0 Å². The average Bonchev–Trinajstić information content (AvgIpc) is 2.88. The second-order valence-corrected chi connectivity index (χ2v) is 4.10. The van der Waals surface area contributed by atoms with Gasteiger partial charge in [0.05, 0.1) is 6.54 Å². The van der Waals surface area contributed by atoms with Gasteiger partial charge in [-0.2, -0.15) is 0 Å². The fourth-order valence-corrected chi connectivity index (χ4v) is 2.12. The fourth-order valence-electron chi connectivity index (χ4n) is 2.12. The molecule has 82 valence electrons. The van der Waals surface area contributed by atoms with Crippen molar-refractivity contribution in [2.24, 2.45) is 0 Å². The van der Waals surface area contributed by atoms with Crippen LogP contribution in [0.4, 0.5) is 0 Å². The number of hydrogen-bond acceptors (Lipinski definition) is 2. The third-order valence-electron chi connectivity index (χ3n) is 2.98. The highest BCUT2D eigenvalue weighted by molar-refractivity contribution is 5.34. The molecule has 2 N–H and O–H groups in total. The lowest BCUT2D eigenvalue weighted by Gasteiger charge is -2.04. The van der Waals surface area contributed by atoms with Gasteiger partial charge >= 0.3 is 5.69 Å². The standard InChI is InChI=1S/C12H13N3O/c16-12-14-3-4-15(12)8-9-1-2-10-6-13-7-11(10)5-9/h1-5,13H,6-8H2,(H,14,16). The lowest BCUT2D eigenvalue weighted by atomic mass is 10.1. The van der Waals surface area contributed by atoms with Gasteiger partial charge in [0, 0.05) is 25.5 Å². The Morgan fingerprint density at radius 2 is 2.12 bits per heavy atom. The highest BCUT2D eigenvalue weighted by Gasteiger charge is 2.10. The second kappa shape index (κ2) is 3.64. The third kappa shape index (κ3) is 1.57. The highest BCUT2D eigenvalue weighted by Crippen LogP contribution is 2.17. The summed E-state index contributed by atoms with van der Waals surface area (Å²) in [4.78, 5) is 14.0. The van der Waals surface area contributed by atoms with Gasteiger partial charge in [0.15, 0.2) is 0 Å². The molecule has 1 aromatic heterocycles. The molecule has 1 aromatic carbocycles. The number of aromatic nitrogens is 2. The molecule has 0 spiro atoms. The summed E-state index contributed by atoms with van der Waals surface area (Å²) in [5, 5.41) is 3.31. The van der Waals surface area contributed by atoms with E-state index in [-0.39, 0.29) is 5.69 Å². The maximum atomic E-state index is 11.4. The van der Waals surface area contributed by atoms with Gasteiger partial charge in [-0.3, -0.25) is 4.57 Å². The molecule has 0 bridgehead atoms. The maximum absolute atomic E-state index is 11.4. The van der Waals surface area contributed by atoms with Gasteiger partial charge in [-0.05, 0) is 16.7 Å². The molecule has 2 aromatic rings. The van der Waals surface area contributed by atoms with Crippen LogP contribution >= 0.6 is 0 Å². The fraction of sp³-hybridized carbons (Fsp3) is 0.250. The van der Waals surface area contributed by atoms with Gasteiger partial charge in [0.2, 0.25) is 0 Å². The molecule has 0 aliphatic carbocycles. The van der Waals surface area contributed by atoms with Crippen molar-refractivity contribution in [3.05, 3.63) is 57.8 Å².